The Morgan fingerprint density at radius 3 is 2.41 bits per heavy atom. The Balaban J connectivity index is 1.70. The summed E-state index contributed by atoms with van der Waals surface area (Å²) in [5.41, 5.74) is 2.81. The Bertz CT molecular complexity index is 470. The van der Waals surface area contributed by atoms with Crippen molar-refractivity contribution in [2.75, 3.05) is 39.3 Å². The predicted molar refractivity (Wildman–Crippen MR) is 91.2 cm³/mol. The number of carbonyl (C=O) groups is 1. The highest BCUT2D eigenvalue weighted by Gasteiger charge is 2.14. The van der Waals surface area contributed by atoms with Crippen LogP contribution in [0.2, 0.25) is 0 Å². The van der Waals surface area contributed by atoms with E-state index in [1.54, 1.807) is 0 Å². The maximum absolute atomic E-state index is 11.9. The van der Waals surface area contributed by atoms with Gasteiger partial charge in [-0.05, 0) is 23.0 Å². The van der Waals surface area contributed by atoms with E-state index >= 15 is 0 Å². The van der Waals surface area contributed by atoms with Crippen molar-refractivity contribution in [2.45, 2.75) is 32.6 Å². The second-order valence-electron chi connectivity index (χ2n) is 7.07. The van der Waals surface area contributed by atoms with Gasteiger partial charge >= 0.3 is 0 Å². The van der Waals surface area contributed by atoms with E-state index in [2.05, 4.69) is 60.6 Å². The minimum atomic E-state index is 0.133. The zero-order valence-electron chi connectivity index (χ0n) is 14.1. The van der Waals surface area contributed by atoms with Gasteiger partial charge in [-0.15, -0.1) is 0 Å². The largest absolute Gasteiger partial charge is 0.355 e. The molecule has 1 aliphatic heterocycles. The predicted octanol–water partition coefficient (Wildman–Crippen LogP) is 1.55. The molecule has 0 spiro atoms. The second-order valence-corrected chi connectivity index (χ2v) is 7.07. The highest BCUT2D eigenvalue weighted by molar-refractivity contribution is 5.78. The average molecular weight is 303 g/mol. The summed E-state index contributed by atoms with van der Waals surface area (Å²) < 4.78 is 0. The number of hydrogen-bond acceptors (Lipinski definition) is 3. The van der Waals surface area contributed by atoms with Crippen LogP contribution in [0, 0.1) is 0 Å². The van der Waals surface area contributed by atoms with Gasteiger partial charge in [-0.1, -0.05) is 45.0 Å². The molecule has 1 aliphatic rings. The van der Waals surface area contributed by atoms with Crippen LogP contribution >= 0.6 is 0 Å². The van der Waals surface area contributed by atoms with Gasteiger partial charge < -0.3 is 10.6 Å². The molecule has 0 bridgehead atoms. The summed E-state index contributed by atoms with van der Waals surface area (Å²) >= 11 is 0. The summed E-state index contributed by atoms with van der Waals surface area (Å²) in [6.07, 6.45) is 0.887. The van der Waals surface area contributed by atoms with Crippen LogP contribution in [-0.2, 0) is 16.6 Å². The van der Waals surface area contributed by atoms with Gasteiger partial charge in [-0.25, -0.2) is 0 Å². The molecule has 2 N–H and O–H groups in total. The molecular formula is C18H29N3O. The van der Waals surface area contributed by atoms with Crippen LogP contribution in [0.15, 0.2) is 24.3 Å². The molecule has 22 heavy (non-hydrogen) atoms. The van der Waals surface area contributed by atoms with Crippen LogP contribution in [0.5, 0.6) is 0 Å². The third-order valence-corrected chi connectivity index (χ3v) is 4.13. The Hall–Kier alpha value is -1.39. The first-order valence-corrected chi connectivity index (χ1v) is 8.24. The fraction of sp³-hybridized carbons (Fsp3) is 0.611. The fourth-order valence-corrected chi connectivity index (χ4v) is 2.65. The van der Waals surface area contributed by atoms with Gasteiger partial charge in [-0.3, -0.25) is 9.69 Å². The minimum Gasteiger partial charge on any atom is -0.355 e. The van der Waals surface area contributed by atoms with E-state index in [0.717, 1.165) is 32.6 Å². The van der Waals surface area contributed by atoms with Crippen molar-refractivity contribution in [1.29, 1.82) is 0 Å². The number of nitrogens with one attached hydrogen (secondary N) is 2. The lowest BCUT2D eigenvalue weighted by molar-refractivity contribution is -0.122. The number of benzene rings is 1. The molecule has 1 amide bonds. The maximum Gasteiger partial charge on any atom is 0.234 e. The lowest BCUT2D eigenvalue weighted by Gasteiger charge is -2.26. The third kappa shape index (κ3) is 5.43. The quantitative estimate of drug-likeness (QED) is 0.867. The van der Waals surface area contributed by atoms with Crippen LogP contribution in [0.3, 0.4) is 0 Å². The first-order chi connectivity index (χ1) is 10.4. The number of piperazine rings is 1. The molecule has 1 aromatic rings. The van der Waals surface area contributed by atoms with E-state index in [4.69, 9.17) is 0 Å². The average Bonchev–Trinajstić information content (AvgIpc) is 2.48. The van der Waals surface area contributed by atoms with Gasteiger partial charge in [0.25, 0.3) is 0 Å². The van der Waals surface area contributed by atoms with Crippen molar-refractivity contribution in [3.8, 4) is 0 Å². The Kier molecular flexibility index (Phi) is 5.98. The molecule has 1 heterocycles. The Labute approximate surface area is 134 Å². The third-order valence-electron chi connectivity index (χ3n) is 4.13. The zero-order valence-corrected chi connectivity index (χ0v) is 14.1. The van der Waals surface area contributed by atoms with Crippen molar-refractivity contribution in [3.63, 3.8) is 0 Å². The number of nitrogens with zero attached hydrogens (tertiary/aromatic N) is 1. The molecule has 2 rings (SSSR count). The van der Waals surface area contributed by atoms with Gasteiger partial charge in [0.05, 0.1) is 6.54 Å². The van der Waals surface area contributed by atoms with Gasteiger partial charge in [0, 0.05) is 32.7 Å². The van der Waals surface area contributed by atoms with Gasteiger partial charge in [0.1, 0.15) is 0 Å². The van der Waals surface area contributed by atoms with E-state index in [1.807, 2.05) is 0 Å². The first-order valence-electron chi connectivity index (χ1n) is 8.24. The summed E-state index contributed by atoms with van der Waals surface area (Å²) in [7, 11) is 0. The van der Waals surface area contributed by atoms with Crippen LogP contribution in [0.1, 0.15) is 31.9 Å². The molecule has 4 nitrogen and oxygen atoms in total. The number of rotatable bonds is 5. The molecule has 1 saturated heterocycles. The molecule has 0 aromatic heterocycles. The summed E-state index contributed by atoms with van der Waals surface area (Å²) in [4.78, 5) is 14.1. The standard InChI is InChI=1S/C18H29N3O/c1-18(2,3)16-6-4-15(5-7-16)8-9-20-17(22)14-21-12-10-19-11-13-21/h4-7,19H,8-14H2,1-3H3,(H,20,22). The highest BCUT2D eigenvalue weighted by atomic mass is 16.2. The number of amides is 1. The molecule has 122 valence electrons. The van der Waals surface area contributed by atoms with Crippen molar-refractivity contribution in [2.24, 2.45) is 0 Å². The molecule has 0 atom stereocenters. The van der Waals surface area contributed by atoms with Gasteiger partial charge in [0.2, 0.25) is 5.91 Å². The smallest absolute Gasteiger partial charge is 0.234 e. The lowest BCUT2D eigenvalue weighted by atomic mass is 9.86. The van der Waals surface area contributed by atoms with E-state index in [1.165, 1.54) is 11.1 Å². The summed E-state index contributed by atoms with van der Waals surface area (Å²) in [5, 5.41) is 6.32. The Morgan fingerprint density at radius 1 is 1.18 bits per heavy atom. The Morgan fingerprint density at radius 2 is 1.82 bits per heavy atom. The van der Waals surface area contributed by atoms with Crippen LogP contribution < -0.4 is 10.6 Å². The molecule has 0 radical (unpaired) electrons. The molecular weight excluding hydrogens is 274 g/mol. The van der Waals surface area contributed by atoms with Gasteiger partial charge in [0.15, 0.2) is 0 Å². The van der Waals surface area contributed by atoms with Crippen molar-refractivity contribution in [3.05, 3.63) is 35.4 Å². The number of hydrogen-bond donors (Lipinski definition) is 2. The molecule has 0 aliphatic carbocycles. The first kappa shape index (κ1) is 17.0. The van der Waals surface area contributed by atoms with Crippen LogP contribution in [-0.4, -0.2) is 50.1 Å². The zero-order chi connectivity index (χ0) is 16.0. The topological polar surface area (TPSA) is 44.4 Å². The lowest BCUT2D eigenvalue weighted by Crippen LogP contribution is -2.47. The van der Waals surface area contributed by atoms with Crippen LogP contribution in [0.4, 0.5) is 0 Å². The van der Waals surface area contributed by atoms with E-state index in [0.29, 0.717) is 13.1 Å². The van der Waals surface area contributed by atoms with Crippen molar-refractivity contribution < 1.29 is 4.79 Å². The monoisotopic (exact) mass is 303 g/mol. The van der Waals surface area contributed by atoms with E-state index < -0.39 is 0 Å². The molecule has 0 saturated carbocycles. The number of carbonyl (C=O) groups excluding carboxylic acids is 1. The highest BCUT2D eigenvalue weighted by Crippen LogP contribution is 2.22. The molecule has 4 heteroatoms. The van der Waals surface area contributed by atoms with E-state index in [9.17, 15) is 4.79 Å². The molecule has 0 unspecified atom stereocenters. The normalized spacial score (nSPS) is 16.5. The van der Waals surface area contributed by atoms with Crippen molar-refractivity contribution >= 4 is 5.91 Å². The molecule has 1 fully saturated rings. The van der Waals surface area contributed by atoms with Crippen molar-refractivity contribution in [1.82, 2.24) is 15.5 Å². The minimum absolute atomic E-state index is 0.133. The molecule has 1 aromatic carbocycles. The summed E-state index contributed by atoms with van der Waals surface area (Å²) in [6, 6.07) is 8.72. The fourth-order valence-electron chi connectivity index (χ4n) is 2.65. The maximum atomic E-state index is 11.9. The summed E-state index contributed by atoms with van der Waals surface area (Å²) in [6.45, 7) is 11.8. The second kappa shape index (κ2) is 7.75. The SMILES string of the molecule is CC(C)(C)c1ccc(CCNC(=O)CN2CCNCC2)cc1. The van der Waals surface area contributed by atoms with Gasteiger partial charge in [-0.2, -0.15) is 0 Å². The summed E-state index contributed by atoms with van der Waals surface area (Å²) in [5.74, 6) is 0.133. The van der Waals surface area contributed by atoms with Crippen LogP contribution in [0.25, 0.3) is 0 Å². The van der Waals surface area contributed by atoms with E-state index in [-0.39, 0.29) is 11.3 Å².